The van der Waals surface area contributed by atoms with Gasteiger partial charge in [-0.1, -0.05) is 6.07 Å². The fourth-order valence-corrected chi connectivity index (χ4v) is 3.69. The number of fused-ring (bicyclic) bond motifs is 2. The van der Waals surface area contributed by atoms with Crippen LogP contribution in [-0.2, 0) is 13.0 Å². The highest BCUT2D eigenvalue weighted by atomic mass is 32.1. The zero-order valence-corrected chi connectivity index (χ0v) is 12.4. The summed E-state index contributed by atoms with van der Waals surface area (Å²) >= 11 is 1.42. The third-order valence-electron chi connectivity index (χ3n) is 3.88. The van der Waals surface area contributed by atoms with E-state index in [-0.39, 0.29) is 11.7 Å². The van der Waals surface area contributed by atoms with Crippen molar-refractivity contribution in [2.75, 3.05) is 12.3 Å². The van der Waals surface area contributed by atoms with Gasteiger partial charge in [0.1, 0.15) is 11.5 Å². The minimum absolute atomic E-state index is 0.131. The SMILES string of the molecule is Nc1nc2c(s1)CN(C(=O)c1cc3c(F)cccc3[nH]1)CC2. The van der Waals surface area contributed by atoms with Crippen molar-refractivity contribution in [3.63, 3.8) is 0 Å². The number of nitrogen functional groups attached to an aromatic ring is 1. The second-order valence-corrected chi connectivity index (χ2v) is 6.40. The van der Waals surface area contributed by atoms with Crippen LogP contribution in [0.2, 0.25) is 0 Å². The average molecular weight is 316 g/mol. The average Bonchev–Trinajstić information content (AvgIpc) is 3.08. The monoisotopic (exact) mass is 316 g/mol. The van der Waals surface area contributed by atoms with Gasteiger partial charge in [0.05, 0.1) is 12.2 Å². The molecule has 1 amide bonds. The highest BCUT2D eigenvalue weighted by molar-refractivity contribution is 7.15. The molecule has 112 valence electrons. The number of anilines is 1. The number of nitrogens with one attached hydrogen (secondary N) is 1. The first-order valence-corrected chi connectivity index (χ1v) is 7.74. The molecule has 0 fully saturated rings. The van der Waals surface area contributed by atoms with E-state index in [2.05, 4.69) is 9.97 Å². The Balaban J connectivity index is 1.65. The molecule has 5 nitrogen and oxygen atoms in total. The van der Waals surface area contributed by atoms with Crippen LogP contribution in [0, 0.1) is 5.82 Å². The van der Waals surface area contributed by atoms with Crippen LogP contribution in [0.1, 0.15) is 21.1 Å². The molecule has 0 bridgehead atoms. The third-order valence-corrected chi connectivity index (χ3v) is 4.79. The summed E-state index contributed by atoms with van der Waals surface area (Å²) in [7, 11) is 0. The van der Waals surface area contributed by atoms with E-state index in [0.717, 1.165) is 10.6 Å². The molecule has 3 N–H and O–H groups in total. The number of nitrogens with two attached hydrogens (primary N) is 1. The van der Waals surface area contributed by atoms with Crippen molar-refractivity contribution in [3.05, 3.63) is 46.3 Å². The van der Waals surface area contributed by atoms with Crippen LogP contribution in [0.5, 0.6) is 0 Å². The molecule has 0 saturated heterocycles. The molecular formula is C15H13FN4OS. The highest BCUT2D eigenvalue weighted by Gasteiger charge is 2.25. The van der Waals surface area contributed by atoms with E-state index in [4.69, 9.17) is 5.73 Å². The Labute approximate surface area is 129 Å². The van der Waals surface area contributed by atoms with Crippen molar-refractivity contribution >= 4 is 33.3 Å². The van der Waals surface area contributed by atoms with E-state index in [1.807, 2.05) is 0 Å². The molecule has 2 aromatic heterocycles. The van der Waals surface area contributed by atoms with Crippen molar-refractivity contribution in [2.45, 2.75) is 13.0 Å². The zero-order chi connectivity index (χ0) is 15.3. The number of aromatic nitrogens is 2. The minimum Gasteiger partial charge on any atom is -0.375 e. The van der Waals surface area contributed by atoms with E-state index < -0.39 is 0 Å². The molecule has 7 heteroatoms. The van der Waals surface area contributed by atoms with Crippen LogP contribution >= 0.6 is 11.3 Å². The third kappa shape index (κ3) is 2.05. The van der Waals surface area contributed by atoms with E-state index in [1.165, 1.54) is 17.4 Å². The molecule has 0 radical (unpaired) electrons. The van der Waals surface area contributed by atoms with Gasteiger partial charge in [-0.3, -0.25) is 4.79 Å². The van der Waals surface area contributed by atoms with Gasteiger partial charge in [-0.25, -0.2) is 9.37 Å². The van der Waals surface area contributed by atoms with Crippen molar-refractivity contribution in [3.8, 4) is 0 Å². The molecule has 0 unspecified atom stereocenters. The second-order valence-electron chi connectivity index (χ2n) is 5.28. The number of benzene rings is 1. The van der Waals surface area contributed by atoms with Crippen molar-refractivity contribution in [2.24, 2.45) is 0 Å². The van der Waals surface area contributed by atoms with Crippen LogP contribution in [0.15, 0.2) is 24.3 Å². The number of thiazole rings is 1. The summed E-state index contributed by atoms with van der Waals surface area (Å²) < 4.78 is 13.7. The molecular weight excluding hydrogens is 303 g/mol. The normalized spacial score (nSPS) is 14.3. The molecule has 1 aromatic carbocycles. The smallest absolute Gasteiger partial charge is 0.270 e. The number of hydrogen-bond acceptors (Lipinski definition) is 4. The highest BCUT2D eigenvalue weighted by Crippen LogP contribution is 2.28. The second kappa shape index (κ2) is 4.81. The van der Waals surface area contributed by atoms with Gasteiger partial charge < -0.3 is 15.6 Å². The molecule has 3 heterocycles. The number of H-pyrrole nitrogens is 1. The molecule has 0 aliphatic carbocycles. The van der Waals surface area contributed by atoms with Gasteiger partial charge in [0.2, 0.25) is 0 Å². The molecule has 1 aliphatic rings. The first-order chi connectivity index (χ1) is 10.6. The maximum Gasteiger partial charge on any atom is 0.270 e. The molecule has 0 atom stereocenters. The van der Waals surface area contributed by atoms with Crippen LogP contribution in [0.25, 0.3) is 10.9 Å². The van der Waals surface area contributed by atoms with E-state index in [0.29, 0.717) is 41.2 Å². The Morgan fingerprint density at radius 2 is 2.32 bits per heavy atom. The van der Waals surface area contributed by atoms with Crippen molar-refractivity contribution in [1.29, 1.82) is 0 Å². The van der Waals surface area contributed by atoms with Gasteiger partial charge >= 0.3 is 0 Å². The Morgan fingerprint density at radius 1 is 1.45 bits per heavy atom. The number of halogens is 1. The van der Waals surface area contributed by atoms with Gasteiger partial charge in [-0.05, 0) is 18.2 Å². The Kier molecular flexibility index (Phi) is 2.90. The fraction of sp³-hybridized carbons (Fsp3) is 0.200. The van der Waals surface area contributed by atoms with Gasteiger partial charge in [-0.2, -0.15) is 0 Å². The van der Waals surface area contributed by atoms with Crippen LogP contribution < -0.4 is 5.73 Å². The molecule has 0 saturated carbocycles. The fourth-order valence-electron chi connectivity index (χ4n) is 2.79. The largest absolute Gasteiger partial charge is 0.375 e. The summed E-state index contributed by atoms with van der Waals surface area (Å²) in [5.41, 5.74) is 7.73. The number of nitrogens with zero attached hydrogens (tertiary/aromatic N) is 2. The van der Waals surface area contributed by atoms with Crippen molar-refractivity contribution in [1.82, 2.24) is 14.9 Å². The summed E-state index contributed by atoms with van der Waals surface area (Å²) in [5, 5.41) is 0.970. The predicted octanol–water partition coefficient (Wildman–Crippen LogP) is 2.54. The van der Waals surface area contributed by atoms with E-state index in [9.17, 15) is 9.18 Å². The summed E-state index contributed by atoms with van der Waals surface area (Å²) in [6, 6.07) is 6.34. The van der Waals surface area contributed by atoms with Gasteiger partial charge in [0.25, 0.3) is 5.91 Å². The number of hydrogen-bond donors (Lipinski definition) is 2. The molecule has 3 aromatic rings. The Hall–Kier alpha value is -2.41. The summed E-state index contributed by atoms with van der Waals surface area (Å²) in [4.78, 5) is 22.6. The molecule has 1 aliphatic heterocycles. The topological polar surface area (TPSA) is 75.0 Å². The lowest BCUT2D eigenvalue weighted by atomic mass is 10.1. The number of amides is 1. The van der Waals surface area contributed by atoms with Gasteiger partial charge in [-0.15, -0.1) is 11.3 Å². The number of aromatic amines is 1. The maximum atomic E-state index is 13.7. The first-order valence-electron chi connectivity index (χ1n) is 6.92. The Bertz CT molecular complexity index is 885. The summed E-state index contributed by atoms with van der Waals surface area (Å²) in [5.74, 6) is -0.461. The van der Waals surface area contributed by atoms with Crippen LogP contribution in [0.3, 0.4) is 0 Å². The molecule has 0 spiro atoms. The maximum absolute atomic E-state index is 13.7. The minimum atomic E-state index is -0.330. The first kappa shape index (κ1) is 13.3. The van der Waals surface area contributed by atoms with Gasteiger partial charge in [0, 0.05) is 28.7 Å². The van der Waals surface area contributed by atoms with E-state index >= 15 is 0 Å². The summed E-state index contributed by atoms with van der Waals surface area (Å²) in [6.45, 7) is 1.09. The zero-order valence-electron chi connectivity index (χ0n) is 11.6. The predicted molar refractivity (Wildman–Crippen MR) is 83.2 cm³/mol. The lowest BCUT2D eigenvalue weighted by Crippen LogP contribution is -2.35. The number of carbonyl (C=O) groups is 1. The molecule has 22 heavy (non-hydrogen) atoms. The lowest BCUT2D eigenvalue weighted by Gasteiger charge is -2.25. The number of carbonyl (C=O) groups excluding carboxylic acids is 1. The van der Waals surface area contributed by atoms with Crippen molar-refractivity contribution < 1.29 is 9.18 Å². The Morgan fingerprint density at radius 3 is 3.14 bits per heavy atom. The quantitative estimate of drug-likeness (QED) is 0.724. The van der Waals surface area contributed by atoms with Crippen LogP contribution in [0.4, 0.5) is 9.52 Å². The standard InChI is InChI=1S/C15H13FN4OS/c16-9-2-1-3-10-8(9)6-12(18-10)14(21)20-5-4-11-13(7-20)22-15(17)19-11/h1-3,6,18H,4-5,7H2,(H2,17,19). The van der Waals surface area contributed by atoms with Gasteiger partial charge in [0.15, 0.2) is 5.13 Å². The lowest BCUT2D eigenvalue weighted by molar-refractivity contribution is 0.0731. The number of rotatable bonds is 1. The molecule has 4 rings (SSSR count). The van der Waals surface area contributed by atoms with Crippen LogP contribution in [-0.4, -0.2) is 27.3 Å². The summed E-state index contributed by atoms with van der Waals surface area (Å²) in [6.07, 6.45) is 0.698. The van der Waals surface area contributed by atoms with E-state index in [1.54, 1.807) is 23.1 Å².